The highest BCUT2D eigenvalue weighted by atomic mass is 127. The Morgan fingerprint density at radius 3 is 2.73 bits per heavy atom. The molecule has 0 spiro atoms. The predicted octanol–water partition coefficient (Wildman–Crippen LogP) is 3.02. The molecule has 2 heterocycles. The molecule has 0 bridgehead atoms. The molecule has 7 nitrogen and oxygen atoms in total. The van der Waals surface area contributed by atoms with Gasteiger partial charge in [0, 0.05) is 32.5 Å². The average molecular weight is 526 g/mol. The summed E-state index contributed by atoms with van der Waals surface area (Å²) in [4.78, 5) is 4.59. The second-order valence-corrected chi connectivity index (χ2v) is 7.86. The maximum Gasteiger partial charge on any atom is 0.191 e. The van der Waals surface area contributed by atoms with Crippen molar-refractivity contribution in [2.45, 2.75) is 64.5 Å². The molecule has 0 saturated heterocycles. The number of nitrogens with zero attached hydrogens (tertiary/aromatic N) is 4. The summed E-state index contributed by atoms with van der Waals surface area (Å²) in [6, 6.07) is 9.67. The van der Waals surface area contributed by atoms with Gasteiger partial charge in [-0.15, -0.1) is 34.2 Å². The Morgan fingerprint density at radius 1 is 1.17 bits per heavy atom. The zero-order valence-electron chi connectivity index (χ0n) is 18.1. The molecule has 0 radical (unpaired) electrons. The minimum absolute atomic E-state index is 0. The van der Waals surface area contributed by atoms with Crippen molar-refractivity contribution in [3.63, 3.8) is 0 Å². The number of halogens is 1. The molecule has 0 aliphatic carbocycles. The molecular formula is C22H35IN6O. The maximum atomic E-state index is 10.8. The van der Waals surface area contributed by atoms with E-state index in [9.17, 15) is 5.11 Å². The first kappa shape index (κ1) is 24.6. The van der Waals surface area contributed by atoms with Gasteiger partial charge in [-0.1, -0.05) is 36.8 Å². The van der Waals surface area contributed by atoms with Crippen molar-refractivity contribution >= 4 is 29.9 Å². The van der Waals surface area contributed by atoms with Gasteiger partial charge in [0.05, 0.1) is 6.54 Å². The van der Waals surface area contributed by atoms with Crippen molar-refractivity contribution in [3.05, 3.63) is 47.5 Å². The fraction of sp³-hybridized carbons (Fsp3) is 0.591. The van der Waals surface area contributed by atoms with Crippen molar-refractivity contribution in [2.24, 2.45) is 4.99 Å². The zero-order chi connectivity index (χ0) is 20.5. The van der Waals surface area contributed by atoms with Gasteiger partial charge in [0.1, 0.15) is 17.2 Å². The van der Waals surface area contributed by atoms with Crippen LogP contribution in [-0.2, 0) is 25.0 Å². The Labute approximate surface area is 196 Å². The van der Waals surface area contributed by atoms with Crippen molar-refractivity contribution < 1.29 is 5.11 Å². The van der Waals surface area contributed by atoms with Crippen LogP contribution in [0.15, 0.2) is 35.3 Å². The van der Waals surface area contributed by atoms with E-state index >= 15 is 0 Å². The van der Waals surface area contributed by atoms with Crippen LogP contribution < -0.4 is 10.6 Å². The van der Waals surface area contributed by atoms with Crippen LogP contribution in [0.4, 0.5) is 0 Å². The van der Waals surface area contributed by atoms with Crippen LogP contribution >= 0.6 is 24.0 Å². The standard InChI is InChI=1S/C22H34N6O.HI/c1-3-23-21(25-17-22(2,29)18-11-6-4-7-12-18)24-15-10-14-20-27-26-19-13-8-5-9-16-28(19)20;/h4,6-7,11-12,29H,3,5,8-10,13-17H2,1-2H3,(H2,23,24,25);1H. The Hall–Kier alpha value is -1.68. The molecule has 3 N–H and O–H groups in total. The maximum absolute atomic E-state index is 10.8. The van der Waals surface area contributed by atoms with Gasteiger partial charge >= 0.3 is 0 Å². The van der Waals surface area contributed by atoms with E-state index in [0.29, 0.717) is 6.54 Å². The summed E-state index contributed by atoms with van der Waals surface area (Å²) in [7, 11) is 0. The van der Waals surface area contributed by atoms with Crippen LogP contribution in [0.3, 0.4) is 0 Å². The molecule has 30 heavy (non-hydrogen) atoms. The number of hydrogen-bond donors (Lipinski definition) is 3. The minimum Gasteiger partial charge on any atom is -0.384 e. The average Bonchev–Trinajstić information content (AvgIpc) is 2.95. The summed E-state index contributed by atoms with van der Waals surface area (Å²) in [6.45, 7) is 6.75. The first-order valence-electron chi connectivity index (χ1n) is 10.8. The van der Waals surface area contributed by atoms with Crippen LogP contribution in [-0.4, -0.2) is 45.5 Å². The first-order chi connectivity index (χ1) is 14.1. The van der Waals surface area contributed by atoms with Gasteiger partial charge in [-0.05, 0) is 38.7 Å². The Balaban J connectivity index is 0.00000320. The second-order valence-electron chi connectivity index (χ2n) is 7.86. The van der Waals surface area contributed by atoms with E-state index in [-0.39, 0.29) is 24.0 Å². The molecule has 8 heteroatoms. The van der Waals surface area contributed by atoms with Gasteiger partial charge in [-0.3, -0.25) is 0 Å². The van der Waals surface area contributed by atoms with E-state index in [1.807, 2.05) is 37.3 Å². The van der Waals surface area contributed by atoms with Crippen LogP contribution in [0.1, 0.15) is 56.7 Å². The fourth-order valence-electron chi connectivity index (χ4n) is 3.65. The summed E-state index contributed by atoms with van der Waals surface area (Å²) >= 11 is 0. The summed E-state index contributed by atoms with van der Waals surface area (Å²) in [5, 5.41) is 26.2. The van der Waals surface area contributed by atoms with Crippen molar-refractivity contribution in [1.82, 2.24) is 25.4 Å². The third kappa shape index (κ3) is 6.94. The highest BCUT2D eigenvalue weighted by Gasteiger charge is 2.22. The monoisotopic (exact) mass is 526 g/mol. The van der Waals surface area contributed by atoms with E-state index in [1.54, 1.807) is 6.92 Å². The number of benzene rings is 1. The number of aromatic nitrogens is 3. The van der Waals surface area contributed by atoms with Crippen LogP contribution in [0.2, 0.25) is 0 Å². The first-order valence-corrected chi connectivity index (χ1v) is 10.8. The summed E-state index contributed by atoms with van der Waals surface area (Å²) < 4.78 is 2.31. The number of guanidine groups is 1. The van der Waals surface area contributed by atoms with E-state index in [2.05, 4.69) is 30.4 Å². The number of hydrogen-bond acceptors (Lipinski definition) is 4. The molecule has 1 unspecified atom stereocenters. The van der Waals surface area contributed by atoms with Gasteiger partial charge in [-0.25, -0.2) is 4.99 Å². The number of aliphatic imine (C=N–C) groups is 1. The van der Waals surface area contributed by atoms with E-state index in [0.717, 1.165) is 62.1 Å². The largest absolute Gasteiger partial charge is 0.384 e. The second kappa shape index (κ2) is 12.2. The Kier molecular flexibility index (Phi) is 10.0. The molecule has 1 aromatic carbocycles. The van der Waals surface area contributed by atoms with Crippen LogP contribution in [0.5, 0.6) is 0 Å². The van der Waals surface area contributed by atoms with Gasteiger partial charge in [-0.2, -0.15) is 0 Å². The number of fused-ring (bicyclic) bond motifs is 1. The number of aryl methyl sites for hydroxylation is 2. The molecular weight excluding hydrogens is 491 g/mol. The third-order valence-electron chi connectivity index (χ3n) is 5.34. The molecule has 3 rings (SSSR count). The van der Waals surface area contributed by atoms with Crippen LogP contribution in [0, 0.1) is 0 Å². The van der Waals surface area contributed by atoms with Crippen molar-refractivity contribution in [2.75, 3.05) is 19.6 Å². The van der Waals surface area contributed by atoms with E-state index in [4.69, 9.17) is 0 Å². The van der Waals surface area contributed by atoms with Crippen molar-refractivity contribution in [1.29, 1.82) is 0 Å². The number of aliphatic hydroxyl groups is 1. The van der Waals surface area contributed by atoms with E-state index < -0.39 is 5.60 Å². The lowest BCUT2D eigenvalue weighted by molar-refractivity contribution is 0.0672. The molecule has 0 saturated carbocycles. The van der Waals surface area contributed by atoms with E-state index in [1.165, 1.54) is 19.3 Å². The van der Waals surface area contributed by atoms with Gasteiger partial charge < -0.3 is 20.3 Å². The molecule has 0 amide bonds. The normalized spacial score (nSPS) is 16.0. The number of rotatable bonds is 8. The topological polar surface area (TPSA) is 87.4 Å². The summed E-state index contributed by atoms with van der Waals surface area (Å²) in [5.41, 5.74) is -0.130. The van der Waals surface area contributed by atoms with Gasteiger partial charge in [0.2, 0.25) is 0 Å². The number of nitrogens with one attached hydrogen (secondary N) is 2. The zero-order valence-corrected chi connectivity index (χ0v) is 20.4. The summed E-state index contributed by atoms with van der Waals surface area (Å²) in [6.07, 6.45) is 6.62. The lowest BCUT2D eigenvalue weighted by atomic mass is 9.96. The third-order valence-corrected chi connectivity index (χ3v) is 5.34. The van der Waals surface area contributed by atoms with Crippen molar-refractivity contribution in [3.8, 4) is 0 Å². The smallest absolute Gasteiger partial charge is 0.191 e. The molecule has 1 aliphatic rings. The fourth-order valence-corrected chi connectivity index (χ4v) is 3.65. The molecule has 1 aliphatic heterocycles. The van der Waals surface area contributed by atoms with Gasteiger partial charge in [0.25, 0.3) is 0 Å². The van der Waals surface area contributed by atoms with Crippen LogP contribution in [0.25, 0.3) is 0 Å². The lowest BCUT2D eigenvalue weighted by Gasteiger charge is -2.22. The highest BCUT2D eigenvalue weighted by Crippen LogP contribution is 2.20. The molecule has 166 valence electrons. The highest BCUT2D eigenvalue weighted by molar-refractivity contribution is 14.0. The van der Waals surface area contributed by atoms with Gasteiger partial charge in [0.15, 0.2) is 5.96 Å². The minimum atomic E-state index is -0.997. The summed E-state index contributed by atoms with van der Waals surface area (Å²) in [5.74, 6) is 2.96. The molecule has 1 aromatic heterocycles. The SMILES string of the molecule is CCNC(=NCC(C)(O)c1ccccc1)NCCCc1nnc2n1CCCCC2.I. The quantitative estimate of drug-likeness (QED) is 0.213. The Bertz CT molecular complexity index is 790. The molecule has 0 fully saturated rings. The molecule has 1 atom stereocenters. The lowest BCUT2D eigenvalue weighted by Crippen LogP contribution is -2.39. The predicted molar refractivity (Wildman–Crippen MR) is 131 cm³/mol. The molecule has 2 aromatic rings. The Morgan fingerprint density at radius 2 is 1.97 bits per heavy atom.